The third-order valence-corrected chi connectivity index (χ3v) is 8.39. The molecule has 1 aliphatic heterocycles. The van der Waals surface area contributed by atoms with Crippen molar-refractivity contribution >= 4 is 34.9 Å². The summed E-state index contributed by atoms with van der Waals surface area (Å²) < 4.78 is 52.2. The minimum absolute atomic E-state index is 0.0615. The molecule has 12 heteroatoms. The molecule has 1 heterocycles. The summed E-state index contributed by atoms with van der Waals surface area (Å²) in [5.74, 6) is -1.02. The maximum atomic E-state index is 13.6. The Kier molecular flexibility index (Phi) is 11.2. The largest absolute Gasteiger partial charge is 0.416 e. The van der Waals surface area contributed by atoms with Gasteiger partial charge in [-0.25, -0.2) is 9.18 Å². The van der Waals surface area contributed by atoms with Crippen LogP contribution in [0.5, 0.6) is 0 Å². The maximum absolute atomic E-state index is 13.6. The van der Waals surface area contributed by atoms with Crippen LogP contribution in [0.4, 0.5) is 39.4 Å². The van der Waals surface area contributed by atoms with E-state index in [4.69, 9.17) is 0 Å². The molecule has 0 unspecified atom stereocenters. The Morgan fingerprint density at radius 1 is 0.796 bits per heavy atom. The van der Waals surface area contributed by atoms with Crippen LogP contribution in [-0.2, 0) is 17.5 Å². The number of alkyl halides is 3. The van der Waals surface area contributed by atoms with E-state index in [1.165, 1.54) is 18.2 Å². The molecule has 0 saturated carbocycles. The average molecular weight is 676 g/mol. The van der Waals surface area contributed by atoms with Crippen LogP contribution in [0.1, 0.15) is 52.7 Å². The highest BCUT2D eigenvalue weighted by Crippen LogP contribution is 2.31. The van der Waals surface area contributed by atoms with Gasteiger partial charge in [-0.2, -0.15) is 13.2 Å². The Balaban J connectivity index is 1.33. The van der Waals surface area contributed by atoms with Gasteiger partial charge >= 0.3 is 12.2 Å². The van der Waals surface area contributed by atoms with E-state index in [1.54, 1.807) is 24.3 Å². The van der Waals surface area contributed by atoms with E-state index >= 15 is 0 Å². The molecule has 4 amide bonds. The van der Waals surface area contributed by atoms with Gasteiger partial charge in [-0.3, -0.25) is 9.59 Å². The van der Waals surface area contributed by atoms with Crippen molar-refractivity contribution in [1.82, 2.24) is 10.2 Å². The highest BCUT2D eigenvalue weighted by Gasteiger charge is 2.30. The predicted octanol–water partition coefficient (Wildman–Crippen LogP) is 7.65. The Hall–Kier alpha value is -5.39. The van der Waals surface area contributed by atoms with Gasteiger partial charge in [-0.1, -0.05) is 49.4 Å². The highest BCUT2D eigenvalue weighted by molar-refractivity contribution is 6.04. The van der Waals surface area contributed by atoms with E-state index in [2.05, 4.69) is 16.0 Å². The maximum Gasteiger partial charge on any atom is 0.416 e. The summed E-state index contributed by atoms with van der Waals surface area (Å²) >= 11 is 0. The SMILES string of the molecule is CC[C@H](C(=O)N1CCCN(c2ccc(NC(=O)Nc3ccc(C(F)(F)F)cc3)cc2C(=O)NCc2ccc(F)cc2)CC1)c1ccccc1. The van der Waals surface area contributed by atoms with Crippen LogP contribution in [0.2, 0.25) is 0 Å². The van der Waals surface area contributed by atoms with Crippen LogP contribution in [0.3, 0.4) is 0 Å². The number of carbonyl (C=O) groups excluding carboxylic acids is 3. The number of amides is 4. The molecular weight excluding hydrogens is 638 g/mol. The lowest BCUT2D eigenvalue weighted by Gasteiger charge is -2.28. The molecule has 1 saturated heterocycles. The number of carbonyl (C=O) groups is 3. The van der Waals surface area contributed by atoms with Crippen LogP contribution in [0.15, 0.2) is 97.1 Å². The second kappa shape index (κ2) is 15.7. The Morgan fingerprint density at radius 2 is 1.47 bits per heavy atom. The Morgan fingerprint density at radius 3 is 2.14 bits per heavy atom. The molecule has 0 aliphatic carbocycles. The highest BCUT2D eigenvalue weighted by atomic mass is 19.4. The van der Waals surface area contributed by atoms with Crippen molar-refractivity contribution in [2.75, 3.05) is 41.7 Å². The summed E-state index contributed by atoms with van der Waals surface area (Å²) in [5.41, 5.74) is 2.13. The van der Waals surface area contributed by atoms with E-state index in [9.17, 15) is 31.9 Å². The number of nitrogens with zero attached hydrogens (tertiary/aromatic N) is 2. The van der Waals surface area contributed by atoms with Gasteiger partial charge in [0.25, 0.3) is 5.91 Å². The number of rotatable bonds is 9. The van der Waals surface area contributed by atoms with Crippen molar-refractivity contribution in [3.63, 3.8) is 0 Å². The average Bonchev–Trinajstić information content (AvgIpc) is 3.35. The zero-order chi connectivity index (χ0) is 35.0. The summed E-state index contributed by atoms with van der Waals surface area (Å²) in [7, 11) is 0. The molecule has 1 atom stereocenters. The van der Waals surface area contributed by atoms with E-state index in [-0.39, 0.29) is 35.3 Å². The summed E-state index contributed by atoms with van der Waals surface area (Å²) in [6, 6.07) is 23.6. The summed E-state index contributed by atoms with van der Waals surface area (Å²) in [4.78, 5) is 43.9. The number of hydrogen-bond donors (Lipinski definition) is 3. The third-order valence-electron chi connectivity index (χ3n) is 8.39. The molecular formula is C37H37F4N5O3. The molecule has 5 rings (SSSR count). The fourth-order valence-electron chi connectivity index (χ4n) is 5.82. The van der Waals surface area contributed by atoms with Gasteiger partial charge in [-0.05, 0) is 78.6 Å². The molecule has 3 N–H and O–H groups in total. The number of nitrogens with one attached hydrogen (secondary N) is 3. The third kappa shape index (κ3) is 9.16. The quantitative estimate of drug-likeness (QED) is 0.159. The molecule has 0 bridgehead atoms. The van der Waals surface area contributed by atoms with Gasteiger partial charge < -0.3 is 25.8 Å². The lowest BCUT2D eigenvalue weighted by molar-refractivity contribution is -0.137. The molecule has 0 spiro atoms. The van der Waals surface area contributed by atoms with Crippen molar-refractivity contribution in [3.8, 4) is 0 Å². The van der Waals surface area contributed by atoms with Crippen molar-refractivity contribution in [1.29, 1.82) is 0 Å². The van der Waals surface area contributed by atoms with E-state index in [0.29, 0.717) is 50.3 Å². The van der Waals surface area contributed by atoms with Crippen molar-refractivity contribution in [2.45, 2.75) is 38.4 Å². The van der Waals surface area contributed by atoms with Gasteiger partial charge in [0.05, 0.1) is 17.0 Å². The summed E-state index contributed by atoms with van der Waals surface area (Å²) in [6.07, 6.45) is -3.16. The molecule has 256 valence electrons. The van der Waals surface area contributed by atoms with Gasteiger partial charge in [0.15, 0.2) is 0 Å². The molecule has 0 aromatic heterocycles. The van der Waals surface area contributed by atoms with E-state index < -0.39 is 29.5 Å². The first-order chi connectivity index (χ1) is 23.5. The van der Waals surface area contributed by atoms with Gasteiger partial charge in [-0.15, -0.1) is 0 Å². The normalized spacial score (nSPS) is 14.1. The van der Waals surface area contributed by atoms with Crippen LogP contribution < -0.4 is 20.9 Å². The first-order valence-corrected chi connectivity index (χ1v) is 16.0. The number of hydrogen-bond acceptors (Lipinski definition) is 4. The Labute approximate surface area is 282 Å². The monoisotopic (exact) mass is 675 g/mol. The minimum atomic E-state index is -4.50. The number of urea groups is 1. The lowest BCUT2D eigenvalue weighted by Crippen LogP contribution is -2.38. The Bertz CT molecular complexity index is 1750. The summed E-state index contributed by atoms with van der Waals surface area (Å²) in [6.45, 7) is 4.19. The first kappa shape index (κ1) is 34.9. The number of anilines is 3. The second-order valence-corrected chi connectivity index (χ2v) is 11.7. The van der Waals surface area contributed by atoms with Crippen LogP contribution in [0, 0.1) is 5.82 Å². The fraction of sp³-hybridized carbons (Fsp3) is 0.270. The first-order valence-electron chi connectivity index (χ1n) is 16.0. The molecule has 1 aliphatic rings. The molecule has 49 heavy (non-hydrogen) atoms. The zero-order valence-corrected chi connectivity index (χ0v) is 26.9. The van der Waals surface area contributed by atoms with Crippen LogP contribution >= 0.6 is 0 Å². The number of halogens is 4. The second-order valence-electron chi connectivity index (χ2n) is 11.7. The van der Waals surface area contributed by atoms with Crippen LogP contribution in [-0.4, -0.2) is 48.9 Å². The topological polar surface area (TPSA) is 93.8 Å². The van der Waals surface area contributed by atoms with Gasteiger partial charge in [0.2, 0.25) is 5.91 Å². The molecule has 0 radical (unpaired) electrons. The zero-order valence-electron chi connectivity index (χ0n) is 26.9. The van der Waals surface area contributed by atoms with E-state index in [0.717, 1.165) is 29.8 Å². The van der Waals surface area contributed by atoms with Crippen LogP contribution in [0.25, 0.3) is 0 Å². The minimum Gasteiger partial charge on any atom is -0.369 e. The van der Waals surface area contributed by atoms with Crippen molar-refractivity contribution in [3.05, 3.63) is 125 Å². The molecule has 4 aromatic carbocycles. The van der Waals surface area contributed by atoms with Gasteiger partial charge in [0.1, 0.15) is 5.82 Å². The van der Waals surface area contributed by atoms with Crippen molar-refractivity contribution in [2.24, 2.45) is 0 Å². The predicted molar refractivity (Wildman–Crippen MR) is 181 cm³/mol. The molecule has 4 aromatic rings. The van der Waals surface area contributed by atoms with Crippen molar-refractivity contribution < 1.29 is 31.9 Å². The smallest absolute Gasteiger partial charge is 0.369 e. The van der Waals surface area contributed by atoms with E-state index in [1.807, 2.05) is 47.1 Å². The fourth-order valence-corrected chi connectivity index (χ4v) is 5.82. The molecule has 8 nitrogen and oxygen atoms in total. The number of benzene rings is 4. The standard InChI is InChI=1S/C37H37F4N5O3/c1-2-31(26-7-4-3-5-8-26)35(48)46-20-6-19-45(21-22-46)33-18-17-30(23-32(33)34(47)42-24-25-9-13-28(38)14-10-25)44-36(49)43-29-15-11-27(12-16-29)37(39,40)41/h3-5,7-18,23,31H,2,6,19-22,24H2,1H3,(H,42,47)(H2,43,44,49)/t31-/m0/s1. The molecule has 1 fully saturated rings. The summed E-state index contributed by atoms with van der Waals surface area (Å²) in [5, 5.41) is 8.01. The lowest BCUT2D eigenvalue weighted by atomic mass is 9.95. The van der Waals surface area contributed by atoms with Gasteiger partial charge in [0, 0.05) is 49.8 Å².